The Morgan fingerprint density at radius 1 is 1.00 bits per heavy atom. The van der Waals surface area contributed by atoms with Gasteiger partial charge in [0.15, 0.2) is 0 Å². The van der Waals surface area contributed by atoms with E-state index in [2.05, 4.69) is 9.97 Å². The maximum Gasteiger partial charge on any atom is 0.417 e. The van der Waals surface area contributed by atoms with E-state index in [4.69, 9.17) is 0 Å². The minimum Gasteiger partial charge on any atom is -0.355 e. The fourth-order valence-electron chi connectivity index (χ4n) is 4.17. The van der Waals surface area contributed by atoms with Crippen LogP contribution in [0.15, 0.2) is 30.7 Å². The van der Waals surface area contributed by atoms with Crippen molar-refractivity contribution in [3.8, 4) is 0 Å². The van der Waals surface area contributed by atoms with Crippen molar-refractivity contribution in [1.82, 2.24) is 14.9 Å². The van der Waals surface area contributed by atoms with E-state index in [9.17, 15) is 22.0 Å². The molecule has 0 spiro atoms. The molecular formula is C19H19F5N4. The third-order valence-electron chi connectivity index (χ3n) is 5.69. The summed E-state index contributed by atoms with van der Waals surface area (Å²) in [7, 11) is 0. The molecule has 2 atom stereocenters. The molecule has 0 aliphatic carbocycles. The third kappa shape index (κ3) is 3.67. The Bertz CT molecular complexity index is 819. The number of hydrogen-bond donors (Lipinski definition) is 0. The Kier molecular flexibility index (Phi) is 4.95. The second kappa shape index (κ2) is 7.27. The van der Waals surface area contributed by atoms with Crippen LogP contribution >= 0.6 is 0 Å². The zero-order chi connectivity index (χ0) is 19.9. The van der Waals surface area contributed by atoms with Crippen molar-refractivity contribution in [2.75, 3.05) is 24.5 Å². The molecule has 4 nitrogen and oxygen atoms in total. The monoisotopic (exact) mass is 398 g/mol. The summed E-state index contributed by atoms with van der Waals surface area (Å²) in [4.78, 5) is 11.5. The summed E-state index contributed by atoms with van der Waals surface area (Å²) in [6.07, 6.45) is 0.240. The largest absolute Gasteiger partial charge is 0.417 e. The normalized spacial score (nSPS) is 23.1. The van der Waals surface area contributed by atoms with Crippen LogP contribution in [0, 0.1) is 17.6 Å². The van der Waals surface area contributed by atoms with Crippen molar-refractivity contribution in [2.24, 2.45) is 5.92 Å². The summed E-state index contributed by atoms with van der Waals surface area (Å²) in [6, 6.07) is 2.48. The second-order valence-electron chi connectivity index (χ2n) is 7.31. The van der Waals surface area contributed by atoms with Gasteiger partial charge in [-0.25, -0.2) is 13.8 Å². The molecule has 2 aliphatic rings. The summed E-state index contributed by atoms with van der Waals surface area (Å²) in [6.45, 7) is 2.14. The lowest BCUT2D eigenvalue weighted by molar-refractivity contribution is -0.137. The van der Waals surface area contributed by atoms with Crippen LogP contribution in [0.5, 0.6) is 0 Å². The molecule has 0 bridgehead atoms. The first-order chi connectivity index (χ1) is 13.3. The smallest absolute Gasteiger partial charge is 0.355 e. The maximum absolute atomic E-state index is 14.0. The van der Waals surface area contributed by atoms with Gasteiger partial charge in [0, 0.05) is 37.4 Å². The van der Waals surface area contributed by atoms with E-state index in [1.54, 1.807) is 0 Å². The fraction of sp³-hybridized carbons (Fsp3) is 0.474. The molecule has 0 aromatic carbocycles. The van der Waals surface area contributed by atoms with Crippen LogP contribution in [0.3, 0.4) is 0 Å². The molecule has 0 radical (unpaired) electrons. The first kappa shape index (κ1) is 19.0. The van der Waals surface area contributed by atoms with Gasteiger partial charge in [-0.3, -0.25) is 9.88 Å². The van der Waals surface area contributed by atoms with Gasteiger partial charge >= 0.3 is 6.18 Å². The lowest BCUT2D eigenvalue weighted by Gasteiger charge is -2.39. The Balaban J connectivity index is 1.49. The number of fused-ring (bicyclic) bond motifs is 1. The molecular weight excluding hydrogens is 379 g/mol. The number of nitrogens with zero attached hydrogens (tertiary/aromatic N) is 4. The molecule has 28 heavy (non-hydrogen) atoms. The Morgan fingerprint density at radius 3 is 2.36 bits per heavy atom. The van der Waals surface area contributed by atoms with E-state index in [0.717, 1.165) is 44.0 Å². The Hall–Kier alpha value is -2.29. The molecule has 2 fully saturated rings. The fourth-order valence-corrected chi connectivity index (χ4v) is 4.17. The topological polar surface area (TPSA) is 32.3 Å². The molecule has 2 aromatic heterocycles. The van der Waals surface area contributed by atoms with Gasteiger partial charge in [0.05, 0.1) is 18.0 Å². The van der Waals surface area contributed by atoms with Crippen molar-refractivity contribution in [3.05, 3.63) is 53.5 Å². The highest BCUT2D eigenvalue weighted by Gasteiger charge is 2.39. The van der Waals surface area contributed by atoms with Crippen molar-refractivity contribution >= 4 is 5.82 Å². The predicted octanol–water partition coefficient (Wildman–Crippen LogP) is 3.87. The minimum atomic E-state index is -4.42. The first-order valence-corrected chi connectivity index (χ1v) is 9.13. The van der Waals surface area contributed by atoms with Crippen molar-refractivity contribution in [3.63, 3.8) is 0 Å². The van der Waals surface area contributed by atoms with Gasteiger partial charge in [0.1, 0.15) is 17.5 Å². The summed E-state index contributed by atoms with van der Waals surface area (Å²) in [5, 5.41) is 0. The van der Waals surface area contributed by atoms with Gasteiger partial charge in [-0.2, -0.15) is 13.2 Å². The highest BCUT2D eigenvalue weighted by Crippen LogP contribution is 2.35. The van der Waals surface area contributed by atoms with Gasteiger partial charge in [-0.05, 0) is 37.4 Å². The van der Waals surface area contributed by atoms with Crippen LogP contribution in [-0.4, -0.2) is 40.5 Å². The zero-order valence-corrected chi connectivity index (χ0v) is 15.0. The second-order valence-corrected chi connectivity index (χ2v) is 7.31. The maximum atomic E-state index is 14.0. The SMILES string of the molecule is Fc1cncc(F)c1CN1CCC2CCN(c3ccc(C(F)(F)F)cn3)CC21. The van der Waals surface area contributed by atoms with Gasteiger partial charge in [-0.1, -0.05) is 0 Å². The van der Waals surface area contributed by atoms with Crippen LogP contribution in [0.25, 0.3) is 0 Å². The molecule has 9 heteroatoms. The van der Waals surface area contributed by atoms with E-state index >= 15 is 0 Å². The summed E-state index contributed by atoms with van der Waals surface area (Å²) in [5.41, 5.74) is -0.780. The molecule has 2 aromatic rings. The van der Waals surface area contributed by atoms with E-state index in [1.165, 1.54) is 6.07 Å². The standard InChI is InChI=1S/C19H19F5N4/c20-15-8-25-9-16(21)14(15)10-27-5-3-12-4-6-28(11-17(12)27)18-2-1-13(7-26-18)19(22,23)24/h1-2,7-9,12,17H,3-6,10-11H2. The van der Waals surface area contributed by atoms with Crippen LogP contribution in [0.2, 0.25) is 0 Å². The number of aromatic nitrogens is 2. The Labute approximate surface area is 159 Å². The molecule has 0 saturated carbocycles. The number of hydrogen-bond acceptors (Lipinski definition) is 4. The lowest BCUT2D eigenvalue weighted by atomic mass is 9.92. The predicted molar refractivity (Wildman–Crippen MR) is 92.5 cm³/mol. The first-order valence-electron chi connectivity index (χ1n) is 9.13. The number of piperidine rings is 1. The number of likely N-dealkylation sites (tertiary alicyclic amines) is 1. The van der Waals surface area contributed by atoms with Crippen LogP contribution in [0.1, 0.15) is 24.0 Å². The van der Waals surface area contributed by atoms with Gasteiger partial charge in [0.25, 0.3) is 0 Å². The van der Waals surface area contributed by atoms with E-state index < -0.39 is 23.4 Å². The van der Waals surface area contributed by atoms with Gasteiger partial charge in [0.2, 0.25) is 0 Å². The molecule has 150 valence electrons. The number of anilines is 1. The Morgan fingerprint density at radius 2 is 1.71 bits per heavy atom. The van der Waals surface area contributed by atoms with E-state index in [-0.39, 0.29) is 18.2 Å². The molecule has 2 unspecified atom stereocenters. The summed E-state index contributed by atoms with van der Waals surface area (Å²) < 4.78 is 66.1. The lowest BCUT2D eigenvalue weighted by Crippen LogP contribution is -2.48. The van der Waals surface area contributed by atoms with Crippen LogP contribution in [-0.2, 0) is 12.7 Å². The number of pyridine rings is 2. The molecule has 2 saturated heterocycles. The highest BCUT2D eigenvalue weighted by molar-refractivity contribution is 5.41. The van der Waals surface area contributed by atoms with Crippen LogP contribution in [0.4, 0.5) is 27.8 Å². The van der Waals surface area contributed by atoms with Crippen molar-refractivity contribution in [2.45, 2.75) is 31.6 Å². The molecule has 4 rings (SSSR count). The average molecular weight is 398 g/mol. The van der Waals surface area contributed by atoms with Crippen molar-refractivity contribution < 1.29 is 22.0 Å². The van der Waals surface area contributed by atoms with Crippen molar-refractivity contribution in [1.29, 1.82) is 0 Å². The minimum absolute atomic E-state index is 0.000397. The molecule has 0 N–H and O–H groups in total. The van der Waals surface area contributed by atoms with Crippen LogP contribution < -0.4 is 4.90 Å². The molecule has 0 amide bonds. The highest BCUT2D eigenvalue weighted by atomic mass is 19.4. The van der Waals surface area contributed by atoms with Gasteiger partial charge < -0.3 is 4.90 Å². The molecule has 2 aliphatic heterocycles. The van der Waals surface area contributed by atoms with E-state index in [0.29, 0.717) is 24.8 Å². The summed E-state index contributed by atoms with van der Waals surface area (Å²) >= 11 is 0. The number of halogens is 5. The van der Waals surface area contributed by atoms with Gasteiger partial charge in [-0.15, -0.1) is 0 Å². The number of rotatable bonds is 3. The average Bonchev–Trinajstić information content (AvgIpc) is 3.06. The van der Waals surface area contributed by atoms with E-state index in [1.807, 2.05) is 9.80 Å². The summed E-state index contributed by atoms with van der Waals surface area (Å²) in [5.74, 6) is -0.445. The zero-order valence-electron chi connectivity index (χ0n) is 15.0. The molecule has 4 heterocycles. The quantitative estimate of drug-likeness (QED) is 0.735. The third-order valence-corrected chi connectivity index (χ3v) is 5.69. The number of alkyl halides is 3.